The fourth-order valence-electron chi connectivity index (χ4n) is 3.74. The van der Waals surface area contributed by atoms with E-state index in [1.807, 2.05) is 6.07 Å². The van der Waals surface area contributed by atoms with Gasteiger partial charge in [-0.25, -0.2) is 9.37 Å². The Kier molecular flexibility index (Phi) is 4.46. The van der Waals surface area contributed by atoms with Crippen molar-refractivity contribution in [3.8, 4) is 17.2 Å². The third kappa shape index (κ3) is 3.46. The predicted molar refractivity (Wildman–Crippen MR) is 102 cm³/mol. The van der Waals surface area contributed by atoms with Crippen molar-refractivity contribution in [3.05, 3.63) is 53.9 Å². The largest absolute Gasteiger partial charge is 0.481 e. The van der Waals surface area contributed by atoms with Crippen LogP contribution in [0.4, 0.5) is 4.39 Å². The molecule has 0 N–H and O–H groups in total. The smallest absolute Gasteiger partial charge is 0.257 e. The van der Waals surface area contributed by atoms with Gasteiger partial charge in [-0.1, -0.05) is 18.0 Å². The molecule has 3 aromatic heterocycles. The number of fused-ring (bicyclic) bond motifs is 1. The van der Waals surface area contributed by atoms with Gasteiger partial charge in [-0.15, -0.1) is 10.2 Å². The molecule has 1 aromatic carbocycles. The van der Waals surface area contributed by atoms with Gasteiger partial charge in [0.1, 0.15) is 11.6 Å². The lowest BCUT2D eigenvalue weighted by atomic mass is 10.0. The van der Waals surface area contributed by atoms with Crippen LogP contribution in [-0.4, -0.2) is 20.3 Å². The maximum absolute atomic E-state index is 13.0. The molecule has 3 heterocycles. The first kappa shape index (κ1) is 17.8. The number of hydrogen-bond acceptors (Lipinski definition) is 7. The molecule has 148 valence electrons. The van der Waals surface area contributed by atoms with E-state index in [1.54, 1.807) is 25.3 Å². The molecule has 0 amide bonds. The third-order valence-electron chi connectivity index (χ3n) is 5.26. The second-order valence-corrected chi connectivity index (χ2v) is 7.29. The van der Waals surface area contributed by atoms with Crippen molar-refractivity contribution in [3.63, 3.8) is 0 Å². The maximum atomic E-state index is 13.0. The van der Waals surface area contributed by atoms with E-state index in [9.17, 15) is 4.39 Å². The Morgan fingerprint density at radius 3 is 2.72 bits per heavy atom. The second kappa shape index (κ2) is 7.27. The number of halogens is 1. The van der Waals surface area contributed by atoms with Crippen LogP contribution in [0, 0.1) is 5.82 Å². The third-order valence-corrected chi connectivity index (χ3v) is 5.26. The van der Waals surface area contributed by atoms with Crippen molar-refractivity contribution >= 4 is 11.1 Å². The first-order valence-electron chi connectivity index (χ1n) is 9.68. The summed E-state index contributed by atoms with van der Waals surface area (Å²) in [6, 6.07) is 7.72. The molecule has 1 fully saturated rings. The molecule has 1 aliphatic rings. The SMILES string of the molecule is C[C@H](Oc1ccc(F)cc1)c1nnc(-c2cnc3onc(C4CCCC4)c3c2)o1. The van der Waals surface area contributed by atoms with Crippen LogP contribution in [0.1, 0.15) is 56.2 Å². The molecule has 0 saturated heterocycles. The van der Waals surface area contributed by atoms with Gasteiger partial charge in [-0.2, -0.15) is 0 Å². The zero-order valence-corrected chi connectivity index (χ0v) is 15.8. The molecule has 0 spiro atoms. The summed E-state index contributed by atoms with van der Waals surface area (Å²) in [5.41, 5.74) is 2.18. The minimum atomic E-state index is -0.483. The Hall–Kier alpha value is -3.29. The second-order valence-electron chi connectivity index (χ2n) is 7.29. The first-order chi connectivity index (χ1) is 14.2. The lowest BCUT2D eigenvalue weighted by Gasteiger charge is -2.10. The van der Waals surface area contributed by atoms with Gasteiger partial charge >= 0.3 is 0 Å². The Bertz CT molecular complexity index is 1130. The highest BCUT2D eigenvalue weighted by molar-refractivity contribution is 5.80. The highest BCUT2D eigenvalue weighted by Gasteiger charge is 2.24. The van der Waals surface area contributed by atoms with Gasteiger partial charge < -0.3 is 13.7 Å². The summed E-state index contributed by atoms with van der Waals surface area (Å²) in [6.45, 7) is 1.79. The average Bonchev–Trinajstić information content (AvgIpc) is 3.49. The molecule has 8 heteroatoms. The van der Waals surface area contributed by atoms with E-state index in [0.29, 0.717) is 34.7 Å². The molecule has 5 rings (SSSR count). The minimum Gasteiger partial charge on any atom is -0.481 e. The molecule has 0 bridgehead atoms. The van der Waals surface area contributed by atoms with E-state index in [-0.39, 0.29) is 5.82 Å². The summed E-state index contributed by atoms with van der Waals surface area (Å²) in [5, 5.41) is 13.4. The fraction of sp³-hybridized carbons (Fsp3) is 0.333. The van der Waals surface area contributed by atoms with Crippen LogP contribution in [0.2, 0.25) is 0 Å². The Morgan fingerprint density at radius 2 is 1.93 bits per heavy atom. The number of benzene rings is 1. The van der Waals surface area contributed by atoms with Gasteiger partial charge in [0.2, 0.25) is 5.89 Å². The van der Waals surface area contributed by atoms with Crippen molar-refractivity contribution in [2.45, 2.75) is 44.6 Å². The molecule has 0 radical (unpaired) electrons. The molecule has 1 aliphatic carbocycles. The monoisotopic (exact) mass is 394 g/mol. The molecule has 1 atom stereocenters. The minimum absolute atomic E-state index is 0.321. The molecular weight excluding hydrogens is 375 g/mol. The Balaban J connectivity index is 1.40. The summed E-state index contributed by atoms with van der Waals surface area (Å²) >= 11 is 0. The number of nitrogens with zero attached hydrogens (tertiary/aromatic N) is 4. The van der Waals surface area contributed by atoms with Crippen LogP contribution in [0.15, 0.2) is 45.5 Å². The van der Waals surface area contributed by atoms with Crippen molar-refractivity contribution < 1.29 is 18.1 Å². The van der Waals surface area contributed by atoms with Gasteiger partial charge in [-0.05, 0) is 50.1 Å². The van der Waals surface area contributed by atoms with Crippen molar-refractivity contribution in [2.24, 2.45) is 0 Å². The highest BCUT2D eigenvalue weighted by Crippen LogP contribution is 2.37. The summed E-state index contributed by atoms with van der Waals surface area (Å²) in [6.07, 6.45) is 5.82. The summed E-state index contributed by atoms with van der Waals surface area (Å²) in [7, 11) is 0. The van der Waals surface area contributed by atoms with Crippen LogP contribution < -0.4 is 4.74 Å². The highest BCUT2D eigenvalue weighted by atomic mass is 19.1. The zero-order valence-electron chi connectivity index (χ0n) is 15.8. The van der Waals surface area contributed by atoms with Crippen LogP contribution >= 0.6 is 0 Å². The molecule has 1 saturated carbocycles. The number of hydrogen-bond donors (Lipinski definition) is 0. The van der Waals surface area contributed by atoms with Crippen LogP contribution in [-0.2, 0) is 0 Å². The van der Waals surface area contributed by atoms with Gasteiger partial charge in [0.25, 0.3) is 11.6 Å². The Labute approximate surface area is 165 Å². The number of pyridine rings is 1. The fourth-order valence-corrected chi connectivity index (χ4v) is 3.74. The van der Waals surface area contributed by atoms with E-state index in [4.69, 9.17) is 13.7 Å². The molecule has 4 aromatic rings. The summed E-state index contributed by atoms with van der Waals surface area (Å²) in [4.78, 5) is 4.36. The van der Waals surface area contributed by atoms with Crippen molar-refractivity contribution in [1.29, 1.82) is 0 Å². The van der Waals surface area contributed by atoms with Crippen LogP contribution in [0.3, 0.4) is 0 Å². The standard InChI is InChI=1S/C21H19FN4O3/c1-12(27-16-8-6-15(22)7-9-16)19-24-25-20(28-19)14-10-17-18(13-4-2-3-5-13)26-29-21(17)23-11-14/h6-13H,2-5H2,1H3/t12-/m0/s1. The van der Waals surface area contributed by atoms with Gasteiger partial charge in [-0.3, -0.25) is 0 Å². The molecule has 7 nitrogen and oxygen atoms in total. The quantitative estimate of drug-likeness (QED) is 0.459. The molecular formula is C21H19FN4O3. The van der Waals surface area contributed by atoms with Crippen molar-refractivity contribution in [2.75, 3.05) is 0 Å². The van der Waals surface area contributed by atoms with Gasteiger partial charge in [0.15, 0.2) is 6.10 Å². The first-order valence-corrected chi connectivity index (χ1v) is 9.68. The number of ether oxygens (including phenoxy) is 1. The molecule has 0 aliphatic heterocycles. The lowest BCUT2D eigenvalue weighted by molar-refractivity contribution is 0.189. The predicted octanol–water partition coefficient (Wildman–Crippen LogP) is 5.21. The number of rotatable bonds is 5. The topological polar surface area (TPSA) is 87.1 Å². The zero-order chi connectivity index (χ0) is 19.8. The summed E-state index contributed by atoms with van der Waals surface area (Å²) in [5.74, 6) is 1.29. The van der Waals surface area contributed by atoms with E-state index in [2.05, 4.69) is 20.3 Å². The number of aromatic nitrogens is 4. The summed E-state index contributed by atoms with van der Waals surface area (Å²) < 4.78 is 30.0. The van der Waals surface area contributed by atoms with Gasteiger partial charge in [0, 0.05) is 12.1 Å². The van der Waals surface area contributed by atoms with E-state index in [1.165, 1.54) is 25.0 Å². The van der Waals surface area contributed by atoms with Crippen molar-refractivity contribution in [1.82, 2.24) is 20.3 Å². The molecule has 0 unspecified atom stereocenters. The van der Waals surface area contributed by atoms with E-state index in [0.717, 1.165) is 23.9 Å². The Morgan fingerprint density at radius 1 is 1.14 bits per heavy atom. The van der Waals surface area contributed by atoms with Crippen LogP contribution in [0.5, 0.6) is 5.75 Å². The lowest BCUT2D eigenvalue weighted by Crippen LogP contribution is -2.03. The van der Waals surface area contributed by atoms with Crippen LogP contribution in [0.25, 0.3) is 22.6 Å². The van der Waals surface area contributed by atoms with E-state index < -0.39 is 6.10 Å². The van der Waals surface area contributed by atoms with Gasteiger partial charge in [0.05, 0.1) is 16.6 Å². The van der Waals surface area contributed by atoms with E-state index >= 15 is 0 Å². The maximum Gasteiger partial charge on any atom is 0.257 e. The normalized spacial score (nSPS) is 15.8. The average molecular weight is 394 g/mol. The molecule has 29 heavy (non-hydrogen) atoms.